The lowest BCUT2D eigenvalue weighted by Crippen LogP contribution is -2.14. The van der Waals surface area contributed by atoms with Gasteiger partial charge in [0.2, 0.25) is 5.56 Å². The van der Waals surface area contributed by atoms with E-state index in [1.165, 1.54) is 23.7 Å². The molecule has 0 saturated carbocycles. The van der Waals surface area contributed by atoms with Gasteiger partial charge in [-0.05, 0) is 24.3 Å². The van der Waals surface area contributed by atoms with Gasteiger partial charge < -0.3 is 4.98 Å². The van der Waals surface area contributed by atoms with Crippen LogP contribution in [0.2, 0.25) is 0 Å². The smallest absolute Gasteiger partial charge is 0.258 e. The van der Waals surface area contributed by atoms with Gasteiger partial charge in [-0.1, -0.05) is 0 Å². The predicted octanol–water partition coefficient (Wildman–Crippen LogP) is 3.03. The number of nitrogens with zero attached hydrogens (tertiary/aromatic N) is 1. The third-order valence-electron chi connectivity index (χ3n) is 2.98. The summed E-state index contributed by atoms with van der Waals surface area (Å²) in [6.45, 7) is 0. The largest absolute Gasteiger partial charge is 0.328 e. The third-order valence-corrected chi connectivity index (χ3v) is 3.73. The Morgan fingerprint density at radius 2 is 2.04 bits per heavy atom. The number of H-pyrrole nitrogens is 1. The first-order valence-corrected chi connectivity index (χ1v) is 7.32. The molecule has 0 radical (unpaired) electrons. The first-order valence-electron chi connectivity index (χ1n) is 6.44. The van der Waals surface area contributed by atoms with Crippen LogP contribution < -0.4 is 10.9 Å². The van der Waals surface area contributed by atoms with Gasteiger partial charge in [-0.2, -0.15) is 0 Å². The Morgan fingerprint density at radius 3 is 2.78 bits per heavy atom. The van der Waals surface area contributed by atoms with E-state index < -0.39 is 17.5 Å². The molecule has 0 saturated heterocycles. The van der Waals surface area contributed by atoms with E-state index in [0.29, 0.717) is 0 Å². The second-order valence-corrected chi connectivity index (χ2v) is 5.42. The van der Waals surface area contributed by atoms with Crippen molar-refractivity contribution < 1.29 is 13.6 Å². The van der Waals surface area contributed by atoms with Gasteiger partial charge in [-0.15, -0.1) is 11.3 Å². The van der Waals surface area contributed by atoms with Gasteiger partial charge in [0.15, 0.2) is 5.13 Å². The Morgan fingerprint density at radius 1 is 1.22 bits per heavy atom. The zero-order valence-electron chi connectivity index (χ0n) is 11.5. The lowest BCUT2D eigenvalue weighted by molar-refractivity contribution is 0.102. The normalized spacial score (nSPS) is 10.5. The van der Waals surface area contributed by atoms with Crippen molar-refractivity contribution in [2.24, 2.45) is 0 Å². The van der Waals surface area contributed by atoms with E-state index in [9.17, 15) is 18.4 Å². The van der Waals surface area contributed by atoms with Crippen molar-refractivity contribution in [1.29, 1.82) is 0 Å². The quantitative estimate of drug-likeness (QED) is 0.774. The van der Waals surface area contributed by atoms with Crippen LogP contribution in [0.15, 0.2) is 46.7 Å². The van der Waals surface area contributed by atoms with Gasteiger partial charge >= 0.3 is 0 Å². The maximum absolute atomic E-state index is 13.7. The topological polar surface area (TPSA) is 74.8 Å². The number of thiazole rings is 1. The predicted molar refractivity (Wildman–Crippen MR) is 82.5 cm³/mol. The summed E-state index contributed by atoms with van der Waals surface area (Å²) in [6.07, 6.45) is 1.28. The van der Waals surface area contributed by atoms with E-state index in [-0.39, 0.29) is 27.5 Å². The summed E-state index contributed by atoms with van der Waals surface area (Å²) in [5.74, 6) is -1.65. The Kier molecular flexibility index (Phi) is 3.98. The summed E-state index contributed by atoms with van der Waals surface area (Å²) in [6, 6.07) is 5.67. The van der Waals surface area contributed by atoms with Crippen molar-refractivity contribution in [1.82, 2.24) is 9.97 Å². The minimum absolute atomic E-state index is 0.0193. The molecule has 116 valence electrons. The number of carbonyl (C=O) groups excluding carboxylic acids is 1. The molecule has 0 spiro atoms. The van der Waals surface area contributed by atoms with E-state index in [4.69, 9.17) is 0 Å². The number of benzene rings is 1. The molecule has 3 aromatic rings. The number of aromatic amines is 1. The van der Waals surface area contributed by atoms with Crippen LogP contribution in [0, 0.1) is 11.6 Å². The van der Waals surface area contributed by atoms with Crippen LogP contribution in [0.5, 0.6) is 0 Å². The van der Waals surface area contributed by atoms with Crippen molar-refractivity contribution in [3.63, 3.8) is 0 Å². The Balaban J connectivity index is 1.82. The van der Waals surface area contributed by atoms with Crippen LogP contribution in [0.1, 0.15) is 10.4 Å². The highest BCUT2D eigenvalue weighted by Crippen LogP contribution is 2.27. The fourth-order valence-corrected chi connectivity index (χ4v) is 2.58. The maximum atomic E-state index is 13.7. The van der Waals surface area contributed by atoms with Crippen molar-refractivity contribution in [2.75, 3.05) is 5.32 Å². The minimum atomic E-state index is -0.602. The molecular weight excluding hydrogens is 324 g/mol. The van der Waals surface area contributed by atoms with E-state index in [1.807, 2.05) is 0 Å². The molecular formula is C15H9F2N3O2S. The van der Waals surface area contributed by atoms with Crippen LogP contribution in [0.4, 0.5) is 13.9 Å². The molecule has 0 fully saturated rings. The van der Waals surface area contributed by atoms with Crippen molar-refractivity contribution in [3.05, 3.63) is 69.5 Å². The van der Waals surface area contributed by atoms with Crippen LogP contribution in [0.25, 0.3) is 11.3 Å². The van der Waals surface area contributed by atoms with Crippen LogP contribution in [0.3, 0.4) is 0 Å². The van der Waals surface area contributed by atoms with Gasteiger partial charge in [0.25, 0.3) is 5.91 Å². The average molecular weight is 333 g/mol. The van der Waals surface area contributed by atoms with Crippen molar-refractivity contribution in [2.45, 2.75) is 0 Å². The Labute approximate surface area is 132 Å². The fraction of sp³-hybridized carbons (Fsp3) is 0. The molecule has 2 aromatic heterocycles. The highest BCUT2D eigenvalue weighted by atomic mass is 32.1. The summed E-state index contributed by atoms with van der Waals surface area (Å²) in [7, 11) is 0. The van der Waals surface area contributed by atoms with Gasteiger partial charge in [0.05, 0.1) is 11.3 Å². The van der Waals surface area contributed by atoms with E-state index in [1.54, 1.807) is 0 Å². The standard InChI is InChI=1S/C15H9F2N3O2S/c16-9-2-3-11(17)10(5-9)12-7-23-15(19-12)20-14(22)8-1-4-13(21)18-6-8/h1-7H,(H,18,21)(H,19,20,22). The van der Waals surface area contributed by atoms with Crippen molar-refractivity contribution in [3.8, 4) is 11.3 Å². The van der Waals surface area contributed by atoms with Crippen LogP contribution >= 0.6 is 11.3 Å². The summed E-state index contributed by atoms with van der Waals surface area (Å²) >= 11 is 1.08. The molecule has 2 heterocycles. The second kappa shape index (κ2) is 6.09. The number of aromatic nitrogens is 2. The number of hydrogen-bond acceptors (Lipinski definition) is 4. The average Bonchev–Trinajstić information content (AvgIpc) is 2.98. The summed E-state index contributed by atoms with van der Waals surface area (Å²) in [4.78, 5) is 29.4. The number of amides is 1. The SMILES string of the molecule is O=C(Nc1nc(-c2cc(F)ccc2F)cs1)c1ccc(=O)[nH]c1. The number of rotatable bonds is 3. The molecule has 0 unspecified atom stereocenters. The van der Waals surface area contributed by atoms with Gasteiger partial charge in [-0.3, -0.25) is 14.9 Å². The van der Waals surface area contributed by atoms with Crippen molar-refractivity contribution >= 4 is 22.4 Å². The van der Waals surface area contributed by atoms with E-state index in [0.717, 1.165) is 29.5 Å². The summed E-state index contributed by atoms with van der Waals surface area (Å²) in [5.41, 5.74) is 0.174. The Bertz CT molecular complexity index is 916. The number of pyridine rings is 1. The highest BCUT2D eigenvalue weighted by molar-refractivity contribution is 7.14. The molecule has 1 amide bonds. The zero-order valence-corrected chi connectivity index (χ0v) is 12.3. The lowest BCUT2D eigenvalue weighted by atomic mass is 10.1. The van der Waals surface area contributed by atoms with Crippen LogP contribution in [-0.4, -0.2) is 15.9 Å². The molecule has 3 rings (SSSR count). The Hall–Kier alpha value is -2.87. The summed E-state index contributed by atoms with van der Waals surface area (Å²) in [5, 5.41) is 4.28. The number of nitrogens with one attached hydrogen (secondary N) is 2. The second-order valence-electron chi connectivity index (χ2n) is 4.56. The van der Waals surface area contributed by atoms with Gasteiger partial charge in [-0.25, -0.2) is 13.8 Å². The number of anilines is 1. The fourth-order valence-electron chi connectivity index (χ4n) is 1.87. The first kappa shape index (κ1) is 15.0. The molecule has 0 bridgehead atoms. The third kappa shape index (κ3) is 3.32. The van der Waals surface area contributed by atoms with E-state index in [2.05, 4.69) is 15.3 Å². The summed E-state index contributed by atoms with van der Waals surface area (Å²) < 4.78 is 26.9. The monoisotopic (exact) mass is 333 g/mol. The molecule has 0 aliphatic rings. The van der Waals surface area contributed by atoms with Gasteiger partial charge in [0, 0.05) is 23.2 Å². The molecule has 0 aliphatic carbocycles. The molecule has 8 heteroatoms. The number of hydrogen-bond donors (Lipinski definition) is 2. The minimum Gasteiger partial charge on any atom is -0.328 e. The molecule has 5 nitrogen and oxygen atoms in total. The maximum Gasteiger partial charge on any atom is 0.258 e. The molecule has 0 aliphatic heterocycles. The molecule has 2 N–H and O–H groups in total. The molecule has 0 atom stereocenters. The lowest BCUT2D eigenvalue weighted by Gasteiger charge is -2.01. The zero-order chi connectivity index (χ0) is 16.4. The highest BCUT2D eigenvalue weighted by Gasteiger charge is 2.13. The van der Waals surface area contributed by atoms with E-state index >= 15 is 0 Å². The number of carbonyl (C=O) groups is 1. The van der Waals surface area contributed by atoms with Crippen LogP contribution in [-0.2, 0) is 0 Å². The number of halogens is 2. The molecule has 1 aromatic carbocycles. The molecule has 23 heavy (non-hydrogen) atoms. The van der Waals surface area contributed by atoms with Gasteiger partial charge in [0.1, 0.15) is 11.6 Å². The first-order chi connectivity index (χ1) is 11.0.